The first-order valence-corrected chi connectivity index (χ1v) is 5.60. The van der Waals surface area contributed by atoms with Gasteiger partial charge in [0.2, 0.25) is 5.95 Å². The minimum Gasteiger partial charge on any atom is -0.353 e. The van der Waals surface area contributed by atoms with Gasteiger partial charge in [0.25, 0.3) is 0 Å². The van der Waals surface area contributed by atoms with Crippen LogP contribution in [0.2, 0.25) is 5.15 Å². The molecule has 1 aromatic heterocycles. The fourth-order valence-corrected chi connectivity index (χ4v) is 1.99. The summed E-state index contributed by atoms with van der Waals surface area (Å²) in [6, 6.07) is 2.29. The molecule has 1 saturated heterocycles. The fourth-order valence-electron chi connectivity index (χ4n) is 1.75. The molecule has 1 atom stereocenters. The maximum atomic E-state index is 5.84. The molecule has 2 rings (SSSR count). The standard InChI is InChI=1S/C10H15ClN4/c1-7-5-9(11)15-10(14-7)13-6-8-3-2-4-12-8/h5,8,12H,2-4,6H2,1H3,(H,13,14,15). The highest BCUT2D eigenvalue weighted by Gasteiger charge is 2.13. The number of hydrogen-bond acceptors (Lipinski definition) is 4. The van der Waals surface area contributed by atoms with Gasteiger partial charge >= 0.3 is 0 Å². The van der Waals surface area contributed by atoms with Crippen LogP contribution in [-0.4, -0.2) is 29.1 Å². The van der Waals surface area contributed by atoms with Crippen LogP contribution in [0.15, 0.2) is 6.07 Å². The molecule has 15 heavy (non-hydrogen) atoms. The van der Waals surface area contributed by atoms with Gasteiger partial charge < -0.3 is 10.6 Å². The van der Waals surface area contributed by atoms with Gasteiger partial charge in [-0.3, -0.25) is 0 Å². The van der Waals surface area contributed by atoms with E-state index in [1.54, 1.807) is 6.07 Å². The van der Waals surface area contributed by atoms with E-state index in [1.807, 2.05) is 6.92 Å². The molecule has 0 bridgehead atoms. The fraction of sp³-hybridized carbons (Fsp3) is 0.600. The van der Waals surface area contributed by atoms with Gasteiger partial charge in [-0.05, 0) is 32.4 Å². The minimum atomic E-state index is 0.490. The molecule has 0 saturated carbocycles. The highest BCUT2D eigenvalue weighted by atomic mass is 35.5. The molecule has 0 aliphatic carbocycles. The van der Waals surface area contributed by atoms with E-state index >= 15 is 0 Å². The molecule has 0 amide bonds. The molecule has 0 spiro atoms. The van der Waals surface area contributed by atoms with Gasteiger partial charge in [0.15, 0.2) is 0 Å². The van der Waals surface area contributed by atoms with E-state index in [1.165, 1.54) is 12.8 Å². The summed E-state index contributed by atoms with van der Waals surface area (Å²) >= 11 is 5.84. The third kappa shape index (κ3) is 3.04. The van der Waals surface area contributed by atoms with Gasteiger partial charge in [0, 0.05) is 18.3 Å². The summed E-state index contributed by atoms with van der Waals surface area (Å²) in [5.74, 6) is 0.619. The van der Waals surface area contributed by atoms with Crippen LogP contribution in [0.5, 0.6) is 0 Å². The van der Waals surface area contributed by atoms with Crippen LogP contribution in [0.3, 0.4) is 0 Å². The predicted octanol–water partition coefficient (Wildman–Crippen LogP) is 1.60. The number of aryl methyl sites for hydroxylation is 1. The Bertz CT molecular complexity index is 316. The molecule has 1 fully saturated rings. The van der Waals surface area contributed by atoms with Crippen molar-refractivity contribution in [1.29, 1.82) is 0 Å². The monoisotopic (exact) mass is 226 g/mol. The summed E-state index contributed by atoms with van der Waals surface area (Å²) in [6.07, 6.45) is 2.47. The van der Waals surface area contributed by atoms with Crippen molar-refractivity contribution in [3.8, 4) is 0 Å². The van der Waals surface area contributed by atoms with Gasteiger partial charge in [-0.2, -0.15) is 0 Å². The molecular formula is C10H15ClN4. The highest BCUT2D eigenvalue weighted by molar-refractivity contribution is 6.29. The van der Waals surface area contributed by atoms with Crippen molar-refractivity contribution in [1.82, 2.24) is 15.3 Å². The normalized spacial score (nSPS) is 20.5. The summed E-state index contributed by atoms with van der Waals surface area (Å²) in [4.78, 5) is 8.37. The van der Waals surface area contributed by atoms with Crippen molar-refractivity contribution in [3.63, 3.8) is 0 Å². The average Bonchev–Trinajstić information content (AvgIpc) is 2.65. The zero-order valence-corrected chi connectivity index (χ0v) is 9.51. The Labute approximate surface area is 94.5 Å². The molecule has 1 aromatic rings. The Balaban J connectivity index is 1.92. The second kappa shape index (κ2) is 4.77. The van der Waals surface area contributed by atoms with Gasteiger partial charge in [0.1, 0.15) is 5.15 Å². The minimum absolute atomic E-state index is 0.490. The second-order valence-corrected chi connectivity index (χ2v) is 4.22. The van der Waals surface area contributed by atoms with Crippen LogP contribution >= 0.6 is 11.6 Å². The van der Waals surface area contributed by atoms with Crippen LogP contribution in [-0.2, 0) is 0 Å². The second-order valence-electron chi connectivity index (χ2n) is 3.83. The zero-order chi connectivity index (χ0) is 10.7. The molecular weight excluding hydrogens is 212 g/mol. The largest absolute Gasteiger partial charge is 0.353 e. The Hall–Kier alpha value is -0.870. The van der Waals surface area contributed by atoms with Crippen molar-refractivity contribution in [2.75, 3.05) is 18.4 Å². The summed E-state index contributed by atoms with van der Waals surface area (Å²) in [6.45, 7) is 3.88. The number of rotatable bonds is 3. The van der Waals surface area contributed by atoms with E-state index in [9.17, 15) is 0 Å². The van der Waals surface area contributed by atoms with E-state index in [-0.39, 0.29) is 0 Å². The SMILES string of the molecule is Cc1cc(Cl)nc(NCC2CCCN2)n1. The number of nitrogens with one attached hydrogen (secondary N) is 2. The third-order valence-electron chi connectivity index (χ3n) is 2.49. The number of halogens is 1. The van der Waals surface area contributed by atoms with E-state index in [0.717, 1.165) is 18.8 Å². The predicted molar refractivity (Wildman–Crippen MR) is 61.3 cm³/mol. The zero-order valence-electron chi connectivity index (χ0n) is 8.76. The Morgan fingerprint density at radius 1 is 1.60 bits per heavy atom. The quantitative estimate of drug-likeness (QED) is 0.769. The lowest BCUT2D eigenvalue weighted by atomic mass is 10.2. The topological polar surface area (TPSA) is 49.8 Å². The Morgan fingerprint density at radius 2 is 2.47 bits per heavy atom. The lowest BCUT2D eigenvalue weighted by Crippen LogP contribution is -2.29. The number of nitrogens with zero attached hydrogens (tertiary/aromatic N) is 2. The lowest BCUT2D eigenvalue weighted by Gasteiger charge is -2.11. The van der Waals surface area contributed by atoms with Crippen LogP contribution in [0.25, 0.3) is 0 Å². The van der Waals surface area contributed by atoms with Gasteiger partial charge in [0.05, 0.1) is 0 Å². The average molecular weight is 227 g/mol. The van der Waals surface area contributed by atoms with Crippen LogP contribution in [0, 0.1) is 6.92 Å². The summed E-state index contributed by atoms with van der Waals surface area (Å²) < 4.78 is 0. The summed E-state index contributed by atoms with van der Waals surface area (Å²) in [7, 11) is 0. The van der Waals surface area contributed by atoms with E-state index in [2.05, 4.69) is 20.6 Å². The van der Waals surface area contributed by atoms with Crippen LogP contribution < -0.4 is 10.6 Å². The lowest BCUT2D eigenvalue weighted by molar-refractivity contribution is 0.631. The Kier molecular flexibility index (Phi) is 3.38. The molecule has 1 aliphatic rings. The number of aromatic nitrogens is 2. The van der Waals surface area contributed by atoms with Crippen molar-refractivity contribution in [2.24, 2.45) is 0 Å². The first-order chi connectivity index (χ1) is 7.24. The van der Waals surface area contributed by atoms with Crippen LogP contribution in [0.1, 0.15) is 18.5 Å². The molecule has 0 radical (unpaired) electrons. The van der Waals surface area contributed by atoms with Crippen molar-refractivity contribution >= 4 is 17.5 Å². The molecule has 1 unspecified atom stereocenters. The van der Waals surface area contributed by atoms with Crippen molar-refractivity contribution in [3.05, 3.63) is 16.9 Å². The first-order valence-electron chi connectivity index (χ1n) is 5.22. The molecule has 0 aromatic carbocycles. The van der Waals surface area contributed by atoms with Crippen molar-refractivity contribution < 1.29 is 0 Å². The van der Waals surface area contributed by atoms with E-state index < -0.39 is 0 Å². The molecule has 4 nitrogen and oxygen atoms in total. The van der Waals surface area contributed by atoms with Gasteiger partial charge in [-0.15, -0.1) is 0 Å². The maximum Gasteiger partial charge on any atom is 0.224 e. The smallest absolute Gasteiger partial charge is 0.224 e. The first kappa shape index (κ1) is 10.6. The molecule has 2 N–H and O–H groups in total. The number of anilines is 1. The highest BCUT2D eigenvalue weighted by Crippen LogP contribution is 2.10. The summed E-state index contributed by atoms with van der Waals surface area (Å²) in [5.41, 5.74) is 0.886. The van der Waals surface area contributed by atoms with E-state index in [0.29, 0.717) is 17.1 Å². The van der Waals surface area contributed by atoms with E-state index in [4.69, 9.17) is 11.6 Å². The maximum absolute atomic E-state index is 5.84. The molecule has 82 valence electrons. The number of hydrogen-bond donors (Lipinski definition) is 2. The molecule has 2 heterocycles. The van der Waals surface area contributed by atoms with Crippen molar-refractivity contribution in [2.45, 2.75) is 25.8 Å². The van der Waals surface area contributed by atoms with Gasteiger partial charge in [-0.1, -0.05) is 11.6 Å². The third-order valence-corrected chi connectivity index (χ3v) is 2.69. The molecule has 1 aliphatic heterocycles. The van der Waals surface area contributed by atoms with Crippen LogP contribution in [0.4, 0.5) is 5.95 Å². The Morgan fingerprint density at radius 3 is 3.13 bits per heavy atom. The molecule has 5 heteroatoms. The van der Waals surface area contributed by atoms with Gasteiger partial charge in [-0.25, -0.2) is 9.97 Å². The summed E-state index contributed by atoms with van der Waals surface area (Å²) in [5, 5.41) is 7.09.